The van der Waals surface area contributed by atoms with Crippen LogP contribution in [0.4, 0.5) is 0 Å². The summed E-state index contributed by atoms with van der Waals surface area (Å²) in [6.45, 7) is 8.95. The van der Waals surface area contributed by atoms with E-state index in [9.17, 15) is 4.79 Å². The van der Waals surface area contributed by atoms with Gasteiger partial charge in [0.05, 0.1) is 5.41 Å². The van der Waals surface area contributed by atoms with Crippen molar-refractivity contribution in [2.24, 2.45) is 5.41 Å². The lowest BCUT2D eigenvalue weighted by Gasteiger charge is -2.37. The minimum Gasteiger partial charge on any atom is -0.381 e. The molecule has 2 aliphatic heterocycles. The average molecular weight is 449 g/mol. The van der Waals surface area contributed by atoms with Crippen LogP contribution >= 0.6 is 0 Å². The van der Waals surface area contributed by atoms with E-state index in [1.165, 1.54) is 36.1 Å². The largest absolute Gasteiger partial charge is 0.381 e. The summed E-state index contributed by atoms with van der Waals surface area (Å²) in [6.07, 6.45) is 5.76. The topological polar surface area (TPSA) is 41.6 Å². The van der Waals surface area contributed by atoms with Crippen molar-refractivity contribution in [3.63, 3.8) is 0 Å². The van der Waals surface area contributed by atoms with Gasteiger partial charge in [0.1, 0.15) is 0 Å². The Labute approximate surface area is 199 Å². The lowest BCUT2D eigenvalue weighted by molar-refractivity contribution is -0.136. The zero-order valence-corrected chi connectivity index (χ0v) is 20.4. The smallest absolute Gasteiger partial charge is 0.226 e. The molecule has 0 saturated carbocycles. The highest BCUT2D eigenvalue weighted by atomic mass is 16.5. The first kappa shape index (κ1) is 24.0. The predicted octanol–water partition coefficient (Wildman–Crippen LogP) is 4.97. The van der Waals surface area contributed by atoms with Crippen molar-refractivity contribution in [1.29, 1.82) is 0 Å². The van der Waals surface area contributed by atoms with E-state index < -0.39 is 0 Å². The molecule has 2 fully saturated rings. The van der Waals surface area contributed by atoms with Crippen molar-refractivity contribution in [3.05, 3.63) is 71.3 Å². The molecule has 2 aromatic carbocycles. The number of likely N-dealkylation sites (tertiary alicyclic amines) is 1. The van der Waals surface area contributed by atoms with Crippen LogP contribution in [0.25, 0.3) is 0 Å². The number of nitrogens with one attached hydrogen (secondary N) is 1. The van der Waals surface area contributed by atoms with Crippen LogP contribution in [0, 0.1) is 5.41 Å². The first-order chi connectivity index (χ1) is 16.1. The van der Waals surface area contributed by atoms with Gasteiger partial charge in [-0.1, -0.05) is 54.6 Å². The van der Waals surface area contributed by atoms with Gasteiger partial charge in [-0.2, -0.15) is 0 Å². The van der Waals surface area contributed by atoms with Crippen molar-refractivity contribution in [3.8, 4) is 0 Å². The molecule has 4 rings (SSSR count). The number of piperidine rings is 1. The monoisotopic (exact) mass is 448 g/mol. The third-order valence-corrected chi connectivity index (χ3v) is 7.62. The number of carbonyl (C=O) groups excluding carboxylic acids is 1. The van der Waals surface area contributed by atoms with Gasteiger partial charge in [-0.05, 0) is 81.5 Å². The van der Waals surface area contributed by atoms with Gasteiger partial charge in [-0.3, -0.25) is 4.79 Å². The second kappa shape index (κ2) is 11.3. The number of carbonyl (C=O) groups is 1. The number of hydrogen-bond acceptors (Lipinski definition) is 3. The Kier molecular flexibility index (Phi) is 8.21. The fraction of sp³-hybridized carbons (Fsp3) is 0.552. The van der Waals surface area contributed by atoms with E-state index in [-0.39, 0.29) is 11.3 Å². The average Bonchev–Trinajstić information content (AvgIpc) is 2.85. The second-order valence-electron chi connectivity index (χ2n) is 10.2. The quantitative estimate of drug-likeness (QED) is 0.620. The minimum absolute atomic E-state index is 0.191. The van der Waals surface area contributed by atoms with E-state index >= 15 is 0 Å². The van der Waals surface area contributed by atoms with E-state index in [0.717, 1.165) is 32.2 Å². The fourth-order valence-corrected chi connectivity index (χ4v) is 5.49. The number of benzene rings is 2. The van der Waals surface area contributed by atoms with Crippen molar-refractivity contribution in [2.75, 3.05) is 32.8 Å². The van der Waals surface area contributed by atoms with E-state index in [4.69, 9.17) is 4.74 Å². The number of rotatable bonds is 8. The molecule has 2 saturated heterocycles. The number of hydrogen-bond donors (Lipinski definition) is 1. The molecule has 4 heteroatoms. The Balaban J connectivity index is 1.43. The van der Waals surface area contributed by atoms with Gasteiger partial charge < -0.3 is 15.0 Å². The van der Waals surface area contributed by atoms with Crippen LogP contribution < -0.4 is 5.32 Å². The van der Waals surface area contributed by atoms with Gasteiger partial charge in [-0.25, -0.2) is 0 Å². The number of ether oxygens (including phenoxy) is 1. The van der Waals surface area contributed by atoms with Crippen molar-refractivity contribution in [2.45, 2.75) is 64.3 Å². The molecule has 0 bridgehead atoms. The maximum absolute atomic E-state index is 13.4. The summed E-state index contributed by atoms with van der Waals surface area (Å²) < 4.78 is 5.65. The lowest BCUT2D eigenvalue weighted by Crippen LogP contribution is -2.46. The van der Waals surface area contributed by atoms with Crippen LogP contribution in [0.15, 0.2) is 54.6 Å². The van der Waals surface area contributed by atoms with Crippen molar-refractivity contribution < 1.29 is 9.53 Å². The minimum atomic E-state index is -0.371. The molecule has 1 unspecified atom stereocenters. The van der Waals surface area contributed by atoms with Gasteiger partial charge >= 0.3 is 0 Å². The zero-order chi connectivity index (χ0) is 23.1. The van der Waals surface area contributed by atoms with Crippen LogP contribution in [-0.4, -0.2) is 49.7 Å². The molecular weight excluding hydrogens is 408 g/mol. The molecule has 0 radical (unpaired) electrons. The van der Waals surface area contributed by atoms with Gasteiger partial charge in [0.25, 0.3) is 0 Å². The van der Waals surface area contributed by atoms with Crippen LogP contribution in [0.5, 0.6) is 0 Å². The molecule has 4 nitrogen and oxygen atoms in total. The van der Waals surface area contributed by atoms with E-state index in [1.807, 2.05) is 6.07 Å². The molecule has 178 valence electrons. The molecule has 2 aliphatic rings. The molecular formula is C29H40N2O2. The van der Waals surface area contributed by atoms with Gasteiger partial charge in [0.2, 0.25) is 5.91 Å². The first-order valence-electron chi connectivity index (χ1n) is 12.8. The summed E-state index contributed by atoms with van der Waals surface area (Å²) in [5.41, 5.74) is 3.61. The molecule has 0 aromatic heterocycles. The molecule has 33 heavy (non-hydrogen) atoms. The number of nitrogens with zero attached hydrogens (tertiary/aromatic N) is 1. The van der Waals surface area contributed by atoms with E-state index in [2.05, 4.69) is 72.6 Å². The Morgan fingerprint density at radius 3 is 2.61 bits per heavy atom. The fourth-order valence-electron chi connectivity index (χ4n) is 5.49. The summed E-state index contributed by atoms with van der Waals surface area (Å²) in [7, 11) is 0. The Morgan fingerprint density at radius 2 is 1.85 bits per heavy atom. The maximum atomic E-state index is 13.4. The SMILES string of the molecule is CC(C)N1CCCC(c2cccc(CC3(C(=O)NCCc4ccccc4)CCOCC3)c2)C1. The van der Waals surface area contributed by atoms with Gasteiger partial charge in [-0.15, -0.1) is 0 Å². The normalized spacial score (nSPS) is 21.1. The Morgan fingerprint density at radius 1 is 1.09 bits per heavy atom. The summed E-state index contributed by atoms with van der Waals surface area (Å²) >= 11 is 0. The van der Waals surface area contributed by atoms with E-state index in [0.29, 0.717) is 31.7 Å². The molecule has 1 atom stereocenters. The molecule has 2 heterocycles. The lowest BCUT2D eigenvalue weighted by atomic mass is 9.74. The van der Waals surface area contributed by atoms with Crippen molar-refractivity contribution >= 4 is 5.91 Å². The third kappa shape index (κ3) is 6.24. The molecule has 1 amide bonds. The van der Waals surface area contributed by atoms with Crippen LogP contribution in [0.2, 0.25) is 0 Å². The van der Waals surface area contributed by atoms with Crippen LogP contribution in [-0.2, 0) is 22.4 Å². The summed E-state index contributed by atoms with van der Waals surface area (Å²) in [6, 6.07) is 20.0. The van der Waals surface area contributed by atoms with Crippen LogP contribution in [0.3, 0.4) is 0 Å². The van der Waals surface area contributed by atoms with Crippen LogP contribution in [0.1, 0.15) is 62.1 Å². The molecule has 0 aliphatic carbocycles. The number of amides is 1. The van der Waals surface area contributed by atoms with Gasteiger partial charge in [0.15, 0.2) is 0 Å². The van der Waals surface area contributed by atoms with E-state index in [1.54, 1.807) is 0 Å². The molecule has 2 aromatic rings. The summed E-state index contributed by atoms with van der Waals surface area (Å²) in [5.74, 6) is 0.780. The molecule has 1 N–H and O–H groups in total. The van der Waals surface area contributed by atoms with Gasteiger partial charge in [0, 0.05) is 32.3 Å². The standard InChI is InChI=1S/C29H40N2O2/c1-23(2)31-17-7-12-27(22-31)26-11-6-10-25(20-26)21-29(14-18-33-19-15-29)28(32)30-16-13-24-8-4-3-5-9-24/h3-6,8-11,20,23,27H,7,12-19,21-22H2,1-2H3,(H,30,32). The highest BCUT2D eigenvalue weighted by molar-refractivity contribution is 5.83. The maximum Gasteiger partial charge on any atom is 0.226 e. The van der Waals surface area contributed by atoms with Crippen molar-refractivity contribution in [1.82, 2.24) is 10.2 Å². The second-order valence-corrected chi connectivity index (χ2v) is 10.2. The predicted molar refractivity (Wildman–Crippen MR) is 134 cm³/mol. The molecule has 0 spiro atoms. The highest BCUT2D eigenvalue weighted by Gasteiger charge is 2.40. The Bertz CT molecular complexity index is 890. The Hall–Kier alpha value is -2.17. The first-order valence-corrected chi connectivity index (χ1v) is 12.8. The highest BCUT2D eigenvalue weighted by Crippen LogP contribution is 2.36. The summed E-state index contributed by atoms with van der Waals surface area (Å²) in [5, 5.41) is 3.26. The zero-order valence-electron chi connectivity index (χ0n) is 20.4. The third-order valence-electron chi connectivity index (χ3n) is 7.62. The summed E-state index contributed by atoms with van der Waals surface area (Å²) in [4.78, 5) is 16.0.